The summed E-state index contributed by atoms with van der Waals surface area (Å²) >= 11 is 0. The molecule has 1 amide bonds. The van der Waals surface area contributed by atoms with E-state index in [0.29, 0.717) is 19.3 Å². The summed E-state index contributed by atoms with van der Waals surface area (Å²) in [5, 5.41) is 12.4. The first-order valence-electron chi connectivity index (χ1n) is 7.86. The fraction of sp³-hybridized carbons (Fsp3) is 0.875. The molecular weight excluding hydrogens is 268 g/mol. The molecule has 0 heterocycles. The summed E-state index contributed by atoms with van der Waals surface area (Å²) in [6, 6.07) is -0.0113. The second-order valence-electron chi connectivity index (χ2n) is 7.33. The Bertz CT molecular complexity index is 404. The number of hydrogen-bond donors (Lipinski definition) is 3. The molecule has 0 aromatic heterocycles. The fourth-order valence-electron chi connectivity index (χ4n) is 3.41. The molecule has 0 aliphatic heterocycles. The molecule has 1 fully saturated rings. The molecule has 5 nitrogen and oxygen atoms in total. The average molecular weight is 298 g/mol. The van der Waals surface area contributed by atoms with Crippen molar-refractivity contribution in [2.24, 2.45) is 23.0 Å². The van der Waals surface area contributed by atoms with Crippen molar-refractivity contribution in [3.05, 3.63) is 0 Å². The Morgan fingerprint density at radius 1 is 1.38 bits per heavy atom. The molecule has 4 atom stereocenters. The molecule has 4 N–H and O–H groups in total. The number of nitrogens with one attached hydrogen (secondary N) is 1. The number of carbonyl (C=O) groups excluding carboxylic acids is 1. The van der Waals surface area contributed by atoms with Crippen LogP contribution in [0, 0.1) is 17.3 Å². The lowest BCUT2D eigenvalue weighted by atomic mass is 9.61. The van der Waals surface area contributed by atoms with Gasteiger partial charge >= 0.3 is 5.97 Å². The van der Waals surface area contributed by atoms with E-state index in [1.54, 1.807) is 6.92 Å². The summed E-state index contributed by atoms with van der Waals surface area (Å²) in [5.41, 5.74) is 4.86. The molecule has 1 aliphatic carbocycles. The van der Waals surface area contributed by atoms with Crippen LogP contribution in [0.2, 0.25) is 0 Å². The van der Waals surface area contributed by atoms with Gasteiger partial charge in [-0.05, 0) is 37.5 Å². The van der Waals surface area contributed by atoms with Crippen molar-refractivity contribution < 1.29 is 14.7 Å². The number of carbonyl (C=O) groups is 2. The van der Waals surface area contributed by atoms with Crippen molar-refractivity contribution in [2.45, 2.75) is 71.9 Å². The Morgan fingerprint density at radius 3 is 2.43 bits per heavy atom. The molecule has 0 radical (unpaired) electrons. The highest BCUT2D eigenvalue weighted by Gasteiger charge is 2.47. The lowest BCUT2D eigenvalue weighted by Gasteiger charge is -2.46. The number of aliphatic carboxylic acids is 1. The van der Waals surface area contributed by atoms with E-state index in [4.69, 9.17) is 5.73 Å². The van der Waals surface area contributed by atoms with E-state index in [1.807, 2.05) is 27.7 Å². The van der Waals surface area contributed by atoms with Crippen molar-refractivity contribution in [2.75, 3.05) is 0 Å². The Labute approximate surface area is 127 Å². The fourth-order valence-corrected chi connectivity index (χ4v) is 3.41. The minimum absolute atomic E-state index is 0.0113. The molecule has 1 rings (SSSR count). The van der Waals surface area contributed by atoms with E-state index >= 15 is 0 Å². The molecule has 1 aliphatic rings. The zero-order valence-corrected chi connectivity index (χ0v) is 13.9. The number of carboxylic acids is 1. The van der Waals surface area contributed by atoms with Gasteiger partial charge in [0.15, 0.2) is 0 Å². The maximum atomic E-state index is 12.3. The maximum Gasteiger partial charge on any atom is 0.307 e. The molecule has 0 aromatic carbocycles. The van der Waals surface area contributed by atoms with Crippen LogP contribution >= 0.6 is 0 Å². The van der Waals surface area contributed by atoms with Crippen LogP contribution in [0.3, 0.4) is 0 Å². The number of carboxylic acid groups (broad SMARTS) is 1. The van der Waals surface area contributed by atoms with E-state index in [0.717, 1.165) is 6.42 Å². The van der Waals surface area contributed by atoms with Crippen molar-refractivity contribution in [1.29, 1.82) is 0 Å². The summed E-state index contributed by atoms with van der Waals surface area (Å²) in [5.74, 6) is -1.15. The minimum Gasteiger partial charge on any atom is -0.481 e. The monoisotopic (exact) mass is 298 g/mol. The third-order valence-electron chi connectivity index (χ3n) is 5.34. The smallest absolute Gasteiger partial charge is 0.307 e. The largest absolute Gasteiger partial charge is 0.481 e. The van der Waals surface area contributed by atoms with Gasteiger partial charge in [-0.1, -0.05) is 34.1 Å². The second-order valence-corrected chi connectivity index (χ2v) is 7.33. The third kappa shape index (κ3) is 3.76. The maximum absolute atomic E-state index is 12.3. The van der Waals surface area contributed by atoms with Gasteiger partial charge in [-0.15, -0.1) is 0 Å². The summed E-state index contributed by atoms with van der Waals surface area (Å²) < 4.78 is 0. The topological polar surface area (TPSA) is 92.4 Å². The van der Waals surface area contributed by atoms with Crippen LogP contribution < -0.4 is 11.1 Å². The van der Waals surface area contributed by atoms with E-state index in [-0.39, 0.29) is 29.2 Å². The number of amides is 1. The van der Waals surface area contributed by atoms with Gasteiger partial charge in [0.05, 0.1) is 11.5 Å². The summed E-state index contributed by atoms with van der Waals surface area (Å²) in [6.45, 7) is 9.73. The zero-order valence-electron chi connectivity index (χ0n) is 13.9. The third-order valence-corrected chi connectivity index (χ3v) is 5.34. The molecular formula is C16H30N2O3. The van der Waals surface area contributed by atoms with E-state index in [9.17, 15) is 14.7 Å². The Morgan fingerprint density at radius 2 is 1.95 bits per heavy atom. The molecule has 21 heavy (non-hydrogen) atoms. The summed E-state index contributed by atoms with van der Waals surface area (Å²) in [6.07, 6.45) is 2.77. The van der Waals surface area contributed by atoms with Gasteiger partial charge in [0.25, 0.3) is 0 Å². The number of nitrogens with two attached hydrogens (primary N) is 1. The standard InChI is InChI=1S/C16H30N2O3/c1-6-9-16(5,17)14(21)18-12-8-7-11(13(19)20)15(3,4)10(12)2/h10-12H,6-9,17H2,1-5H3,(H,18,21)(H,19,20). The van der Waals surface area contributed by atoms with E-state index in [1.165, 1.54) is 0 Å². The SMILES string of the molecule is CCCC(C)(N)C(=O)NC1CCC(C(=O)O)C(C)(C)C1C. The highest BCUT2D eigenvalue weighted by atomic mass is 16.4. The minimum atomic E-state index is -0.859. The lowest BCUT2D eigenvalue weighted by molar-refractivity contribution is -0.150. The normalized spacial score (nSPS) is 31.2. The summed E-state index contributed by atoms with van der Waals surface area (Å²) in [4.78, 5) is 23.7. The molecule has 5 heteroatoms. The van der Waals surface area contributed by atoms with Crippen molar-refractivity contribution in [3.8, 4) is 0 Å². The van der Waals surface area contributed by atoms with E-state index < -0.39 is 11.5 Å². The quantitative estimate of drug-likeness (QED) is 0.725. The molecule has 0 bridgehead atoms. The first-order valence-corrected chi connectivity index (χ1v) is 7.86. The lowest BCUT2D eigenvalue weighted by Crippen LogP contribution is -2.58. The van der Waals surface area contributed by atoms with E-state index in [2.05, 4.69) is 5.32 Å². The predicted molar refractivity (Wildman–Crippen MR) is 82.7 cm³/mol. The molecule has 0 saturated heterocycles. The number of rotatable bonds is 5. The zero-order chi connectivity index (χ0) is 16.4. The highest BCUT2D eigenvalue weighted by molar-refractivity contribution is 5.85. The highest BCUT2D eigenvalue weighted by Crippen LogP contribution is 2.45. The van der Waals surface area contributed by atoms with Gasteiger partial charge in [-0.25, -0.2) is 0 Å². The first-order chi connectivity index (χ1) is 9.54. The van der Waals surface area contributed by atoms with Crippen LogP contribution in [-0.2, 0) is 9.59 Å². The van der Waals surface area contributed by atoms with Gasteiger partial charge < -0.3 is 16.2 Å². The second kappa shape index (κ2) is 6.34. The molecule has 122 valence electrons. The average Bonchev–Trinajstić information content (AvgIpc) is 2.34. The van der Waals surface area contributed by atoms with Gasteiger partial charge in [-0.3, -0.25) is 9.59 Å². The molecule has 4 unspecified atom stereocenters. The van der Waals surface area contributed by atoms with Crippen molar-refractivity contribution in [3.63, 3.8) is 0 Å². The Kier molecular flexibility index (Phi) is 5.42. The van der Waals surface area contributed by atoms with Crippen molar-refractivity contribution in [1.82, 2.24) is 5.32 Å². The number of hydrogen-bond acceptors (Lipinski definition) is 3. The van der Waals surface area contributed by atoms with Gasteiger partial charge in [0.2, 0.25) is 5.91 Å². The van der Waals surface area contributed by atoms with Crippen LogP contribution in [0.1, 0.15) is 60.3 Å². The van der Waals surface area contributed by atoms with Crippen LogP contribution in [0.5, 0.6) is 0 Å². The van der Waals surface area contributed by atoms with Crippen LogP contribution in [0.4, 0.5) is 0 Å². The van der Waals surface area contributed by atoms with Gasteiger partial charge in [0.1, 0.15) is 0 Å². The van der Waals surface area contributed by atoms with Gasteiger partial charge in [-0.2, -0.15) is 0 Å². The first kappa shape index (κ1) is 18.0. The van der Waals surface area contributed by atoms with Gasteiger partial charge in [0, 0.05) is 6.04 Å². The Balaban J connectivity index is 2.79. The van der Waals surface area contributed by atoms with Crippen LogP contribution in [0.15, 0.2) is 0 Å². The predicted octanol–water partition coefficient (Wildman–Crippen LogP) is 2.15. The van der Waals surface area contributed by atoms with Crippen LogP contribution in [0.25, 0.3) is 0 Å². The molecule has 0 aromatic rings. The van der Waals surface area contributed by atoms with Crippen molar-refractivity contribution >= 4 is 11.9 Å². The Hall–Kier alpha value is -1.10. The molecule has 0 spiro atoms. The molecule has 1 saturated carbocycles. The van der Waals surface area contributed by atoms with Crippen LogP contribution in [-0.4, -0.2) is 28.6 Å². The summed E-state index contributed by atoms with van der Waals surface area (Å²) in [7, 11) is 0.